The molecule has 1 unspecified atom stereocenters. The van der Waals surface area contributed by atoms with Crippen molar-refractivity contribution >= 4 is 34.1 Å². The Morgan fingerprint density at radius 1 is 1.03 bits per heavy atom. The Bertz CT molecular complexity index is 1260. The predicted molar refractivity (Wildman–Crippen MR) is 129 cm³/mol. The quantitative estimate of drug-likeness (QED) is 0.436. The minimum Gasteiger partial charge on any atom is -0.445 e. The van der Waals surface area contributed by atoms with Crippen molar-refractivity contribution in [3.8, 4) is 0 Å². The number of ether oxygens (including phenoxy) is 1. The van der Waals surface area contributed by atoms with Gasteiger partial charge in [0.25, 0.3) is 0 Å². The zero-order chi connectivity index (χ0) is 25.1. The Labute approximate surface area is 205 Å². The van der Waals surface area contributed by atoms with E-state index < -0.39 is 41.0 Å². The standard InChI is InChI=1S/C26H24F2N2O4S/c1-14-11-17-20(12-14)35-25(21(17)23(31)22-18(27)9-6-10-19(22)28)30-24(32)15(2)29-26(33)34-13-16-7-4-3-5-8-16/h3-10,14-15H,11-13H2,1-2H3,(H,29,33)(H,30,32)/t14?,15-/m0/s1. The zero-order valence-electron chi connectivity index (χ0n) is 19.2. The van der Waals surface area contributed by atoms with Crippen LogP contribution in [0.3, 0.4) is 0 Å². The summed E-state index contributed by atoms with van der Waals surface area (Å²) in [5.41, 5.74) is 0.948. The van der Waals surface area contributed by atoms with Crippen LogP contribution in [0.1, 0.15) is 45.8 Å². The minimum absolute atomic E-state index is 0.0453. The highest BCUT2D eigenvalue weighted by Gasteiger charge is 2.33. The lowest BCUT2D eigenvalue weighted by Gasteiger charge is -2.15. The van der Waals surface area contributed by atoms with E-state index in [1.54, 1.807) is 12.1 Å². The van der Waals surface area contributed by atoms with Crippen LogP contribution in [0.2, 0.25) is 0 Å². The van der Waals surface area contributed by atoms with Crippen LogP contribution in [0.4, 0.5) is 18.6 Å². The van der Waals surface area contributed by atoms with E-state index in [9.17, 15) is 23.2 Å². The van der Waals surface area contributed by atoms with Crippen LogP contribution in [0.5, 0.6) is 0 Å². The highest BCUT2D eigenvalue weighted by molar-refractivity contribution is 7.17. The highest BCUT2D eigenvalue weighted by atomic mass is 32.1. The minimum atomic E-state index is -0.984. The fourth-order valence-electron chi connectivity index (χ4n) is 4.03. The molecule has 0 fully saturated rings. The number of hydrogen-bond donors (Lipinski definition) is 2. The highest BCUT2D eigenvalue weighted by Crippen LogP contribution is 2.42. The first-order valence-corrected chi connectivity index (χ1v) is 12.0. The summed E-state index contributed by atoms with van der Waals surface area (Å²) >= 11 is 1.22. The number of benzene rings is 2. The molecule has 6 nitrogen and oxygen atoms in total. The van der Waals surface area contributed by atoms with Crippen LogP contribution >= 0.6 is 11.3 Å². The number of hydrogen-bond acceptors (Lipinski definition) is 5. The Morgan fingerprint density at radius 3 is 2.40 bits per heavy atom. The number of anilines is 1. The maximum atomic E-state index is 14.4. The van der Waals surface area contributed by atoms with E-state index in [-0.39, 0.29) is 23.1 Å². The Hall–Kier alpha value is -3.59. The van der Waals surface area contributed by atoms with E-state index in [0.717, 1.165) is 22.6 Å². The lowest BCUT2D eigenvalue weighted by Crippen LogP contribution is -2.41. The number of alkyl carbamates (subject to hydrolysis) is 1. The number of halogens is 2. The first-order chi connectivity index (χ1) is 16.7. The second-order valence-corrected chi connectivity index (χ2v) is 9.67. The molecule has 2 aromatic carbocycles. The van der Waals surface area contributed by atoms with Crippen molar-refractivity contribution in [3.05, 3.63) is 87.3 Å². The van der Waals surface area contributed by atoms with E-state index in [2.05, 4.69) is 10.6 Å². The number of thiophene rings is 1. The molecule has 35 heavy (non-hydrogen) atoms. The largest absolute Gasteiger partial charge is 0.445 e. The van der Waals surface area contributed by atoms with Crippen molar-refractivity contribution in [3.63, 3.8) is 0 Å². The number of carbonyl (C=O) groups is 3. The number of fused-ring (bicyclic) bond motifs is 1. The Kier molecular flexibility index (Phi) is 7.25. The van der Waals surface area contributed by atoms with Crippen LogP contribution in [0.25, 0.3) is 0 Å². The number of amides is 2. The van der Waals surface area contributed by atoms with Crippen molar-refractivity contribution < 1.29 is 27.9 Å². The third-order valence-electron chi connectivity index (χ3n) is 5.77. The lowest BCUT2D eigenvalue weighted by molar-refractivity contribution is -0.117. The molecule has 9 heteroatoms. The van der Waals surface area contributed by atoms with Gasteiger partial charge in [0, 0.05) is 4.88 Å². The van der Waals surface area contributed by atoms with E-state index in [0.29, 0.717) is 18.4 Å². The van der Waals surface area contributed by atoms with Gasteiger partial charge < -0.3 is 15.4 Å². The summed E-state index contributed by atoms with van der Waals surface area (Å²) in [5.74, 6) is -3.05. The molecule has 0 radical (unpaired) electrons. The number of rotatable bonds is 7. The molecule has 2 N–H and O–H groups in total. The molecule has 0 spiro atoms. The summed E-state index contributed by atoms with van der Waals surface area (Å²) in [7, 11) is 0. The average molecular weight is 499 g/mol. The zero-order valence-corrected chi connectivity index (χ0v) is 20.0. The van der Waals surface area contributed by atoms with Crippen LogP contribution < -0.4 is 10.6 Å². The van der Waals surface area contributed by atoms with Gasteiger partial charge in [0.05, 0.1) is 11.1 Å². The van der Waals surface area contributed by atoms with Gasteiger partial charge in [-0.2, -0.15) is 0 Å². The van der Waals surface area contributed by atoms with Gasteiger partial charge in [-0.3, -0.25) is 9.59 Å². The Balaban J connectivity index is 1.50. The lowest BCUT2D eigenvalue weighted by atomic mass is 9.98. The molecular formula is C26H24F2N2O4S. The fraction of sp³-hybridized carbons (Fsp3) is 0.269. The van der Waals surface area contributed by atoms with Crippen LogP contribution in [-0.2, 0) is 29.0 Å². The maximum Gasteiger partial charge on any atom is 0.408 e. The third-order valence-corrected chi connectivity index (χ3v) is 6.94. The van der Waals surface area contributed by atoms with Gasteiger partial charge in [-0.25, -0.2) is 13.6 Å². The van der Waals surface area contributed by atoms with Crippen LogP contribution in [0.15, 0.2) is 48.5 Å². The Morgan fingerprint density at radius 2 is 1.71 bits per heavy atom. The molecule has 0 aliphatic heterocycles. The topological polar surface area (TPSA) is 84.5 Å². The van der Waals surface area contributed by atoms with Crippen molar-refractivity contribution in [2.45, 2.75) is 39.3 Å². The van der Waals surface area contributed by atoms with Gasteiger partial charge >= 0.3 is 6.09 Å². The molecule has 2 amide bonds. The van der Waals surface area contributed by atoms with Crippen molar-refractivity contribution in [2.75, 3.05) is 5.32 Å². The SMILES string of the molecule is CC1Cc2sc(NC(=O)[C@H](C)NC(=O)OCc3ccccc3)c(C(=O)c3c(F)cccc3F)c2C1. The summed E-state index contributed by atoms with van der Waals surface area (Å²) < 4.78 is 33.9. The molecule has 2 atom stereocenters. The van der Waals surface area contributed by atoms with Crippen molar-refractivity contribution in [2.24, 2.45) is 5.92 Å². The third kappa shape index (κ3) is 5.40. The molecule has 3 aromatic rings. The molecule has 4 rings (SSSR count). The first kappa shape index (κ1) is 24.5. The molecule has 1 aromatic heterocycles. The fourth-order valence-corrected chi connectivity index (χ4v) is 5.42. The molecule has 0 saturated carbocycles. The van der Waals surface area contributed by atoms with Gasteiger partial charge in [0.15, 0.2) is 0 Å². The smallest absolute Gasteiger partial charge is 0.408 e. The van der Waals surface area contributed by atoms with E-state index in [1.165, 1.54) is 24.3 Å². The van der Waals surface area contributed by atoms with Crippen molar-refractivity contribution in [1.29, 1.82) is 0 Å². The predicted octanol–water partition coefficient (Wildman–Crippen LogP) is 5.25. The molecule has 0 bridgehead atoms. The van der Waals surface area contributed by atoms with E-state index in [4.69, 9.17) is 4.74 Å². The number of ketones is 1. The normalized spacial score (nSPS) is 15.3. The first-order valence-electron chi connectivity index (χ1n) is 11.2. The van der Waals surface area contributed by atoms with E-state index >= 15 is 0 Å². The monoisotopic (exact) mass is 498 g/mol. The van der Waals surface area contributed by atoms with Gasteiger partial charge in [-0.15, -0.1) is 11.3 Å². The molecular weight excluding hydrogens is 474 g/mol. The second-order valence-electron chi connectivity index (χ2n) is 8.56. The number of carbonyl (C=O) groups excluding carboxylic acids is 3. The van der Waals surface area contributed by atoms with E-state index in [1.807, 2.05) is 25.1 Å². The summed E-state index contributed by atoms with van der Waals surface area (Å²) in [5, 5.41) is 5.33. The van der Waals surface area contributed by atoms with Crippen molar-refractivity contribution in [1.82, 2.24) is 5.32 Å². The summed E-state index contributed by atoms with van der Waals surface area (Å²) in [6, 6.07) is 11.3. The maximum absolute atomic E-state index is 14.4. The van der Waals surface area contributed by atoms with Gasteiger partial charge in [0.1, 0.15) is 29.3 Å². The molecule has 1 aliphatic rings. The molecule has 0 saturated heterocycles. The van der Waals surface area contributed by atoms with Gasteiger partial charge in [0.2, 0.25) is 11.7 Å². The average Bonchev–Trinajstić information content (AvgIpc) is 3.33. The summed E-state index contributed by atoms with van der Waals surface area (Å²) in [6.45, 7) is 3.54. The van der Waals surface area contributed by atoms with Gasteiger partial charge in [-0.1, -0.05) is 43.3 Å². The van der Waals surface area contributed by atoms with Gasteiger partial charge in [-0.05, 0) is 48.9 Å². The van der Waals surface area contributed by atoms with Crippen LogP contribution in [0, 0.1) is 17.6 Å². The second kappa shape index (κ2) is 10.4. The molecule has 1 aliphatic carbocycles. The summed E-state index contributed by atoms with van der Waals surface area (Å²) in [4.78, 5) is 39.1. The summed E-state index contributed by atoms with van der Waals surface area (Å²) in [6.07, 6.45) is 0.497. The number of nitrogens with one attached hydrogen (secondary N) is 2. The molecule has 182 valence electrons. The van der Waals surface area contributed by atoms with Crippen LogP contribution in [-0.4, -0.2) is 23.8 Å². The molecule has 1 heterocycles.